The first-order valence-corrected chi connectivity index (χ1v) is 8.33. The summed E-state index contributed by atoms with van der Waals surface area (Å²) in [6.45, 7) is 13.6. The van der Waals surface area contributed by atoms with Gasteiger partial charge in [0.2, 0.25) is 0 Å². The van der Waals surface area contributed by atoms with Crippen LogP contribution in [-0.4, -0.2) is 8.07 Å². The van der Waals surface area contributed by atoms with Crippen LogP contribution in [0.4, 0.5) is 0 Å². The van der Waals surface area contributed by atoms with Gasteiger partial charge in [-0.1, -0.05) is 38.6 Å². The summed E-state index contributed by atoms with van der Waals surface area (Å²) in [6, 6.07) is 1.31. The molecule has 0 aromatic heterocycles. The van der Waals surface area contributed by atoms with Crippen LogP contribution in [0.15, 0.2) is 12.2 Å². The Bertz CT molecular complexity index is 119. The van der Waals surface area contributed by atoms with E-state index < -0.39 is 8.07 Å². The van der Waals surface area contributed by atoms with Gasteiger partial charge in [-0.3, -0.25) is 0 Å². The molecule has 0 heterocycles. The first-order chi connectivity index (χ1) is 4.95. The van der Waals surface area contributed by atoms with Crippen LogP contribution in [0.1, 0.15) is 26.2 Å². The SMILES string of the molecule is C=C(CCCC)C[Si](C)(C)C. The first-order valence-electron chi connectivity index (χ1n) is 4.62. The van der Waals surface area contributed by atoms with Crippen molar-refractivity contribution >= 4 is 8.07 Å². The van der Waals surface area contributed by atoms with E-state index in [-0.39, 0.29) is 0 Å². The van der Waals surface area contributed by atoms with E-state index in [4.69, 9.17) is 0 Å². The lowest BCUT2D eigenvalue weighted by atomic mass is 10.1. The Labute approximate surface area is 72.7 Å². The minimum absolute atomic E-state index is 0.870. The molecule has 0 radical (unpaired) electrons. The van der Waals surface area contributed by atoms with Gasteiger partial charge in [0.05, 0.1) is 0 Å². The average molecular weight is 170 g/mol. The van der Waals surface area contributed by atoms with Crippen molar-refractivity contribution in [3.05, 3.63) is 12.2 Å². The Hall–Kier alpha value is -0.0431. The summed E-state index contributed by atoms with van der Waals surface area (Å²) >= 11 is 0. The molecular weight excluding hydrogens is 148 g/mol. The van der Waals surface area contributed by atoms with Crippen molar-refractivity contribution in [2.24, 2.45) is 0 Å². The van der Waals surface area contributed by atoms with Crippen LogP contribution in [0, 0.1) is 0 Å². The maximum atomic E-state index is 4.11. The third-order valence-corrected chi connectivity index (χ3v) is 3.22. The number of rotatable bonds is 5. The van der Waals surface area contributed by atoms with Gasteiger partial charge in [-0.2, -0.15) is 0 Å². The molecule has 0 aromatic carbocycles. The number of unbranched alkanes of at least 4 members (excludes halogenated alkanes) is 1. The van der Waals surface area contributed by atoms with Crippen molar-refractivity contribution in [3.8, 4) is 0 Å². The second kappa shape index (κ2) is 4.76. The second-order valence-electron chi connectivity index (χ2n) is 4.59. The van der Waals surface area contributed by atoms with Crippen LogP contribution >= 0.6 is 0 Å². The van der Waals surface area contributed by atoms with Gasteiger partial charge >= 0.3 is 0 Å². The summed E-state index contributed by atoms with van der Waals surface area (Å²) in [4.78, 5) is 0. The Balaban J connectivity index is 3.53. The molecule has 11 heavy (non-hydrogen) atoms. The molecule has 0 rings (SSSR count). The number of allylic oxidation sites excluding steroid dienone is 1. The third-order valence-electron chi connectivity index (χ3n) is 1.66. The number of hydrogen-bond acceptors (Lipinski definition) is 0. The van der Waals surface area contributed by atoms with Crippen LogP contribution < -0.4 is 0 Å². The predicted molar refractivity (Wildman–Crippen MR) is 56.8 cm³/mol. The predicted octanol–water partition coefficient (Wildman–Crippen LogP) is 4.07. The van der Waals surface area contributed by atoms with Crippen molar-refractivity contribution in [2.45, 2.75) is 51.9 Å². The molecule has 0 nitrogen and oxygen atoms in total. The lowest BCUT2D eigenvalue weighted by Gasteiger charge is -2.17. The maximum Gasteiger partial charge on any atom is 0.0483 e. The van der Waals surface area contributed by atoms with E-state index in [2.05, 4.69) is 33.1 Å². The van der Waals surface area contributed by atoms with E-state index in [0.29, 0.717) is 0 Å². The van der Waals surface area contributed by atoms with Crippen molar-refractivity contribution in [3.63, 3.8) is 0 Å². The van der Waals surface area contributed by atoms with Crippen LogP contribution in [-0.2, 0) is 0 Å². The fourth-order valence-corrected chi connectivity index (χ4v) is 2.94. The summed E-state index contributed by atoms with van der Waals surface area (Å²) < 4.78 is 0. The molecule has 0 aliphatic heterocycles. The Morgan fingerprint density at radius 1 is 1.27 bits per heavy atom. The highest BCUT2D eigenvalue weighted by Crippen LogP contribution is 2.18. The maximum absolute atomic E-state index is 4.11. The highest BCUT2D eigenvalue weighted by Gasteiger charge is 2.13. The molecule has 0 saturated heterocycles. The molecular formula is C10H22Si. The molecule has 0 spiro atoms. The van der Waals surface area contributed by atoms with Gasteiger partial charge in [0.15, 0.2) is 0 Å². The van der Waals surface area contributed by atoms with Gasteiger partial charge in [0, 0.05) is 8.07 Å². The normalized spacial score (nSPS) is 11.6. The van der Waals surface area contributed by atoms with E-state index >= 15 is 0 Å². The fraction of sp³-hybridized carbons (Fsp3) is 0.800. The monoisotopic (exact) mass is 170 g/mol. The molecule has 0 atom stereocenters. The lowest BCUT2D eigenvalue weighted by Crippen LogP contribution is -2.19. The summed E-state index contributed by atoms with van der Waals surface area (Å²) in [5, 5.41) is 0. The zero-order valence-electron chi connectivity index (χ0n) is 8.54. The van der Waals surface area contributed by atoms with Gasteiger partial charge in [-0.25, -0.2) is 0 Å². The highest BCUT2D eigenvalue weighted by atomic mass is 28.3. The van der Waals surface area contributed by atoms with Crippen LogP contribution in [0.2, 0.25) is 25.7 Å². The minimum atomic E-state index is -0.870. The molecule has 0 unspecified atom stereocenters. The molecule has 0 fully saturated rings. The molecule has 0 aliphatic carbocycles. The topological polar surface area (TPSA) is 0 Å². The zero-order valence-corrected chi connectivity index (χ0v) is 9.54. The van der Waals surface area contributed by atoms with Crippen molar-refractivity contribution in [1.82, 2.24) is 0 Å². The van der Waals surface area contributed by atoms with Crippen molar-refractivity contribution < 1.29 is 0 Å². The van der Waals surface area contributed by atoms with E-state index in [1.165, 1.54) is 30.9 Å². The van der Waals surface area contributed by atoms with E-state index in [0.717, 1.165) is 0 Å². The van der Waals surface area contributed by atoms with Gasteiger partial charge < -0.3 is 0 Å². The van der Waals surface area contributed by atoms with Crippen LogP contribution in [0.5, 0.6) is 0 Å². The van der Waals surface area contributed by atoms with Crippen LogP contribution in [0.25, 0.3) is 0 Å². The van der Waals surface area contributed by atoms with E-state index in [9.17, 15) is 0 Å². The summed E-state index contributed by atoms with van der Waals surface area (Å²) in [7, 11) is -0.870. The summed E-state index contributed by atoms with van der Waals surface area (Å²) in [5.74, 6) is 0. The van der Waals surface area contributed by atoms with Crippen LogP contribution in [0.3, 0.4) is 0 Å². The molecule has 0 bridgehead atoms. The zero-order chi connectivity index (χ0) is 8.91. The van der Waals surface area contributed by atoms with Gasteiger partial charge in [-0.05, 0) is 18.9 Å². The quantitative estimate of drug-likeness (QED) is 0.431. The smallest absolute Gasteiger partial charge is 0.0483 e. The Kier molecular flexibility index (Phi) is 4.74. The molecule has 0 saturated carbocycles. The second-order valence-corrected chi connectivity index (χ2v) is 10.1. The number of hydrogen-bond donors (Lipinski definition) is 0. The van der Waals surface area contributed by atoms with E-state index in [1.807, 2.05) is 0 Å². The summed E-state index contributed by atoms with van der Waals surface area (Å²) in [5.41, 5.74) is 1.48. The largest absolute Gasteiger partial charge is 0.100 e. The Morgan fingerprint density at radius 3 is 2.18 bits per heavy atom. The average Bonchev–Trinajstić information content (AvgIpc) is 1.79. The molecule has 0 aromatic rings. The minimum Gasteiger partial charge on any atom is -0.100 e. The molecule has 0 amide bonds. The van der Waals surface area contributed by atoms with Crippen molar-refractivity contribution in [2.75, 3.05) is 0 Å². The molecule has 0 aliphatic rings. The standard InChI is InChI=1S/C10H22Si/c1-6-7-8-10(2)9-11(3,4)5/h2,6-9H2,1,3-5H3. The fourth-order valence-electron chi connectivity index (χ4n) is 1.27. The third kappa shape index (κ3) is 7.86. The van der Waals surface area contributed by atoms with Gasteiger partial charge in [0.25, 0.3) is 0 Å². The van der Waals surface area contributed by atoms with Crippen molar-refractivity contribution in [1.29, 1.82) is 0 Å². The summed E-state index contributed by atoms with van der Waals surface area (Å²) in [6.07, 6.45) is 3.87. The van der Waals surface area contributed by atoms with E-state index in [1.54, 1.807) is 0 Å². The molecule has 0 N–H and O–H groups in total. The Morgan fingerprint density at radius 2 is 1.82 bits per heavy atom. The lowest BCUT2D eigenvalue weighted by molar-refractivity contribution is 0.787. The molecule has 1 heteroatoms. The molecule has 66 valence electrons. The van der Waals surface area contributed by atoms with Gasteiger partial charge in [0.1, 0.15) is 0 Å². The van der Waals surface area contributed by atoms with Gasteiger partial charge in [-0.15, -0.1) is 6.58 Å². The highest BCUT2D eigenvalue weighted by molar-refractivity contribution is 6.76. The first kappa shape index (κ1) is 11.0.